The molecule has 0 atom stereocenters. The SMILES string of the molecule is COc1ccccc1NC(=O)/C(C#N)=C/c1cn(-c2ccccc2)nc1-c1ccc(Cl)cc1. The second kappa shape index (κ2) is 9.86. The number of methoxy groups -OCH3 is 1. The van der Waals surface area contributed by atoms with Crippen LogP contribution in [0.2, 0.25) is 5.02 Å². The van der Waals surface area contributed by atoms with Crippen molar-refractivity contribution in [3.05, 3.63) is 101 Å². The Hall–Kier alpha value is -4.34. The molecule has 7 heteroatoms. The molecule has 0 unspecified atom stereocenters. The molecular weight excluding hydrogens is 436 g/mol. The van der Waals surface area contributed by atoms with Crippen LogP contribution in [0.5, 0.6) is 5.75 Å². The predicted octanol–water partition coefficient (Wildman–Crippen LogP) is 5.75. The Balaban J connectivity index is 1.75. The van der Waals surface area contributed by atoms with E-state index in [0.29, 0.717) is 27.7 Å². The summed E-state index contributed by atoms with van der Waals surface area (Å²) in [7, 11) is 1.52. The minimum absolute atomic E-state index is 0.0660. The lowest BCUT2D eigenvalue weighted by molar-refractivity contribution is -0.112. The zero-order chi connectivity index (χ0) is 23.2. The number of carbonyl (C=O) groups is 1. The molecule has 0 saturated heterocycles. The van der Waals surface area contributed by atoms with Crippen LogP contribution in [-0.4, -0.2) is 22.8 Å². The van der Waals surface area contributed by atoms with Gasteiger partial charge < -0.3 is 10.1 Å². The number of nitriles is 1. The molecule has 1 heterocycles. The molecule has 162 valence electrons. The average molecular weight is 455 g/mol. The summed E-state index contributed by atoms with van der Waals surface area (Å²) in [5.41, 5.74) is 3.31. The van der Waals surface area contributed by atoms with Crippen LogP contribution in [0.15, 0.2) is 90.6 Å². The highest BCUT2D eigenvalue weighted by Crippen LogP contribution is 2.28. The van der Waals surface area contributed by atoms with Gasteiger partial charge in [0.2, 0.25) is 0 Å². The molecule has 1 N–H and O–H groups in total. The number of nitrogens with one attached hydrogen (secondary N) is 1. The van der Waals surface area contributed by atoms with Crippen LogP contribution in [0.1, 0.15) is 5.56 Å². The maximum absolute atomic E-state index is 12.9. The number of ether oxygens (including phenoxy) is 1. The Labute approximate surface area is 196 Å². The number of benzene rings is 3. The lowest BCUT2D eigenvalue weighted by atomic mass is 10.1. The highest BCUT2D eigenvalue weighted by molar-refractivity contribution is 6.30. The van der Waals surface area contributed by atoms with Gasteiger partial charge in [0.1, 0.15) is 17.4 Å². The first-order chi connectivity index (χ1) is 16.1. The Bertz CT molecular complexity index is 1350. The number of nitrogens with zero attached hydrogens (tertiary/aromatic N) is 3. The van der Waals surface area contributed by atoms with Crippen molar-refractivity contribution in [3.8, 4) is 28.8 Å². The molecule has 0 aliphatic carbocycles. The molecular formula is C26H19ClN4O2. The third kappa shape index (κ3) is 4.95. The van der Waals surface area contributed by atoms with Crippen LogP contribution in [0.25, 0.3) is 23.0 Å². The number of carbonyl (C=O) groups excluding carboxylic acids is 1. The molecule has 0 aliphatic heterocycles. The van der Waals surface area contributed by atoms with Crippen molar-refractivity contribution < 1.29 is 9.53 Å². The number of hydrogen-bond acceptors (Lipinski definition) is 4. The van der Waals surface area contributed by atoms with Crippen molar-refractivity contribution >= 4 is 29.3 Å². The summed E-state index contributed by atoms with van der Waals surface area (Å²) in [4.78, 5) is 12.9. The lowest BCUT2D eigenvalue weighted by Gasteiger charge is -2.09. The van der Waals surface area contributed by atoms with E-state index in [0.717, 1.165) is 11.3 Å². The van der Waals surface area contributed by atoms with Gasteiger partial charge in [0, 0.05) is 22.3 Å². The van der Waals surface area contributed by atoms with Crippen LogP contribution >= 0.6 is 11.6 Å². The largest absolute Gasteiger partial charge is 0.495 e. The second-order valence-corrected chi connectivity index (χ2v) is 7.48. The number of amides is 1. The molecule has 6 nitrogen and oxygen atoms in total. The predicted molar refractivity (Wildman–Crippen MR) is 129 cm³/mol. The Morgan fingerprint density at radius 3 is 2.45 bits per heavy atom. The molecule has 0 aliphatic rings. The van der Waals surface area contributed by atoms with Crippen LogP contribution in [0.3, 0.4) is 0 Å². The summed E-state index contributed by atoms with van der Waals surface area (Å²) in [5, 5.41) is 17.8. The maximum Gasteiger partial charge on any atom is 0.266 e. The summed E-state index contributed by atoms with van der Waals surface area (Å²) in [6.07, 6.45) is 3.31. The van der Waals surface area contributed by atoms with Crippen LogP contribution in [-0.2, 0) is 4.79 Å². The molecule has 4 rings (SSSR count). The first-order valence-electron chi connectivity index (χ1n) is 10.1. The Morgan fingerprint density at radius 1 is 1.06 bits per heavy atom. The van der Waals surface area contributed by atoms with E-state index in [4.69, 9.17) is 21.4 Å². The zero-order valence-electron chi connectivity index (χ0n) is 17.7. The van der Waals surface area contributed by atoms with E-state index in [1.54, 1.807) is 47.3 Å². The van der Waals surface area contributed by atoms with Crippen molar-refractivity contribution in [3.63, 3.8) is 0 Å². The van der Waals surface area contributed by atoms with Gasteiger partial charge >= 0.3 is 0 Å². The molecule has 0 spiro atoms. The number of rotatable bonds is 6. The van der Waals surface area contributed by atoms with Crippen LogP contribution in [0, 0.1) is 11.3 Å². The number of para-hydroxylation sites is 3. The van der Waals surface area contributed by atoms with E-state index in [9.17, 15) is 10.1 Å². The fourth-order valence-corrected chi connectivity index (χ4v) is 3.41. The summed E-state index contributed by atoms with van der Waals surface area (Å²) < 4.78 is 6.99. The lowest BCUT2D eigenvalue weighted by Crippen LogP contribution is -2.14. The van der Waals surface area contributed by atoms with Gasteiger partial charge in [0.05, 0.1) is 24.2 Å². The average Bonchev–Trinajstić information content (AvgIpc) is 3.27. The molecule has 3 aromatic carbocycles. The number of aromatic nitrogens is 2. The number of hydrogen-bond donors (Lipinski definition) is 1. The zero-order valence-corrected chi connectivity index (χ0v) is 18.5. The first-order valence-corrected chi connectivity index (χ1v) is 10.4. The molecule has 0 radical (unpaired) electrons. The van der Waals surface area contributed by atoms with Crippen molar-refractivity contribution in [2.45, 2.75) is 0 Å². The minimum atomic E-state index is -0.545. The normalized spacial score (nSPS) is 11.0. The molecule has 1 aromatic heterocycles. The minimum Gasteiger partial charge on any atom is -0.495 e. The Kier molecular flexibility index (Phi) is 6.53. The van der Waals surface area contributed by atoms with Gasteiger partial charge in [-0.05, 0) is 42.5 Å². The molecule has 1 amide bonds. The van der Waals surface area contributed by atoms with Gasteiger partial charge in [0.25, 0.3) is 5.91 Å². The molecule has 4 aromatic rings. The third-order valence-corrected chi connectivity index (χ3v) is 5.15. The summed E-state index contributed by atoms with van der Waals surface area (Å²) >= 11 is 6.05. The van der Waals surface area contributed by atoms with Gasteiger partial charge in [-0.15, -0.1) is 0 Å². The van der Waals surface area contributed by atoms with Gasteiger partial charge in [0.15, 0.2) is 0 Å². The van der Waals surface area contributed by atoms with Gasteiger partial charge in [-0.25, -0.2) is 4.68 Å². The van der Waals surface area contributed by atoms with E-state index in [1.165, 1.54) is 13.2 Å². The summed E-state index contributed by atoms with van der Waals surface area (Å²) in [5.74, 6) is -0.0431. The molecule has 0 bridgehead atoms. The monoisotopic (exact) mass is 454 g/mol. The van der Waals surface area contributed by atoms with E-state index < -0.39 is 5.91 Å². The molecule has 0 fully saturated rings. The van der Waals surface area contributed by atoms with E-state index in [1.807, 2.05) is 48.5 Å². The standard InChI is InChI=1S/C26H19ClN4O2/c1-33-24-10-6-5-9-23(24)29-26(32)19(16-28)15-20-17-31(22-7-3-2-4-8-22)30-25(20)18-11-13-21(27)14-12-18/h2-15,17H,1H3,(H,29,32)/b19-15+. The molecule has 33 heavy (non-hydrogen) atoms. The quantitative estimate of drug-likeness (QED) is 0.297. The van der Waals surface area contributed by atoms with Gasteiger partial charge in [-0.2, -0.15) is 10.4 Å². The fourth-order valence-electron chi connectivity index (χ4n) is 3.28. The highest BCUT2D eigenvalue weighted by atomic mass is 35.5. The smallest absolute Gasteiger partial charge is 0.266 e. The third-order valence-electron chi connectivity index (χ3n) is 4.90. The van der Waals surface area contributed by atoms with Gasteiger partial charge in [-0.3, -0.25) is 4.79 Å². The highest BCUT2D eigenvalue weighted by Gasteiger charge is 2.16. The number of halogens is 1. The summed E-state index contributed by atoms with van der Waals surface area (Å²) in [6.45, 7) is 0. The maximum atomic E-state index is 12.9. The van der Waals surface area contributed by atoms with E-state index in [2.05, 4.69) is 5.32 Å². The first kappa shape index (κ1) is 21.9. The van der Waals surface area contributed by atoms with Crippen molar-refractivity contribution in [1.29, 1.82) is 5.26 Å². The second-order valence-electron chi connectivity index (χ2n) is 7.04. The number of anilines is 1. The molecule has 0 saturated carbocycles. The van der Waals surface area contributed by atoms with E-state index in [-0.39, 0.29) is 5.57 Å². The van der Waals surface area contributed by atoms with Crippen LogP contribution in [0.4, 0.5) is 5.69 Å². The van der Waals surface area contributed by atoms with E-state index >= 15 is 0 Å². The fraction of sp³-hybridized carbons (Fsp3) is 0.0385. The van der Waals surface area contributed by atoms with Crippen molar-refractivity contribution in [2.24, 2.45) is 0 Å². The topological polar surface area (TPSA) is 79.9 Å². The van der Waals surface area contributed by atoms with Crippen LogP contribution < -0.4 is 10.1 Å². The van der Waals surface area contributed by atoms with Crippen molar-refractivity contribution in [1.82, 2.24) is 9.78 Å². The van der Waals surface area contributed by atoms with Gasteiger partial charge in [-0.1, -0.05) is 54.1 Å². The summed E-state index contributed by atoms with van der Waals surface area (Å²) in [6, 6.07) is 25.8. The Morgan fingerprint density at radius 2 is 1.76 bits per heavy atom. The van der Waals surface area contributed by atoms with Crippen molar-refractivity contribution in [2.75, 3.05) is 12.4 Å².